The van der Waals surface area contributed by atoms with Crippen LogP contribution < -0.4 is 22.0 Å². The molecule has 0 aliphatic carbocycles. The molecule has 0 unspecified atom stereocenters. The number of aromatic nitrogens is 1. The van der Waals surface area contributed by atoms with Crippen LogP contribution in [0.3, 0.4) is 0 Å². The molecule has 0 bridgehead atoms. The summed E-state index contributed by atoms with van der Waals surface area (Å²) in [6.07, 6.45) is 1.38. The highest BCUT2D eigenvalue weighted by Crippen LogP contribution is 2.32. The largest absolute Gasteiger partial charge is 1.00 e. The fraction of sp³-hybridized carbons (Fsp3) is 0.579. The van der Waals surface area contributed by atoms with E-state index < -0.39 is 0 Å². The predicted molar refractivity (Wildman–Crippen MR) is 105 cm³/mol. The van der Waals surface area contributed by atoms with Gasteiger partial charge in [0, 0.05) is 32.6 Å². The normalized spacial score (nSPS) is 14.7. The average Bonchev–Trinajstić information content (AvgIpc) is 3.06. The van der Waals surface area contributed by atoms with Crippen molar-refractivity contribution >= 4 is 32.6 Å². The molecule has 3 rings (SSSR count). The zero-order valence-electron chi connectivity index (χ0n) is 15.9. The Hall–Kier alpha value is -1.41. The molecular weight excluding hydrogens is 386 g/mol. The van der Waals surface area contributed by atoms with E-state index in [1.54, 1.807) is 11.3 Å². The van der Waals surface area contributed by atoms with Gasteiger partial charge in [0.1, 0.15) is 5.75 Å². The van der Waals surface area contributed by atoms with Crippen LogP contribution in [-0.2, 0) is 9.53 Å². The van der Waals surface area contributed by atoms with Crippen LogP contribution in [0.25, 0.3) is 10.2 Å². The lowest BCUT2D eigenvalue weighted by Crippen LogP contribution is -3.00. The van der Waals surface area contributed by atoms with E-state index in [4.69, 9.17) is 14.5 Å². The van der Waals surface area contributed by atoms with Crippen molar-refractivity contribution in [1.29, 1.82) is 0 Å². The monoisotopic (exact) mass is 412 g/mol. The van der Waals surface area contributed by atoms with Crippen molar-refractivity contribution in [1.82, 2.24) is 9.88 Å². The number of halogens is 1. The van der Waals surface area contributed by atoms with Gasteiger partial charge in [0.2, 0.25) is 5.91 Å². The van der Waals surface area contributed by atoms with Crippen LogP contribution in [0.2, 0.25) is 0 Å². The SMILES string of the molecule is CCCC(=O)N(CCN1CCOCC1)c1nc2ccc(OCC)cc2s1.[Cl-]. The van der Waals surface area contributed by atoms with Crippen molar-refractivity contribution in [3.63, 3.8) is 0 Å². The first-order valence-electron chi connectivity index (χ1n) is 9.35. The van der Waals surface area contributed by atoms with E-state index in [2.05, 4.69) is 4.90 Å². The summed E-state index contributed by atoms with van der Waals surface area (Å²) >= 11 is 1.56. The fourth-order valence-corrected chi connectivity index (χ4v) is 4.04. The summed E-state index contributed by atoms with van der Waals surface area (Å²) in [6.45, 7) is 9.53. The second kappa shape index (κ2) is 10.8. The molecule has 0 saturated carbocycles. The maximum Gasteiger partial charge on any atom is 0.228 e. The number of ether oxygens (including phenoxy) is 2. The van der Waals surface area contributed by atoms with Crippen LogP contribution in [0, 0.1) is 0 Å². The molecule has 1 fully saturated rings. The Kier molecular flexibility index (Phi) is 8.76. The molecule has 0 spiro atoms. The Morgan fingerprint density at radius 1 is 1.33 bits per heavy atom. The van der Waals surface area contributed by atoms with Crippen LogP contribution in [0.4, 0.5) is 5.13 Å². The average molecular weight is 413 g/mol. The molecule has 1 saturated heterocycles. The summed E-state index contributed by atoms with van der Waals surface area (Å²) in [6, 6.07) is 5.90. The summed E-state index contributed by atoms with van der Waals surface area (Å²) in [5.74, 6) is 0.986. The lowest BCUT2D eigenvalue weighted by molar-refractivity contribution is -0.118. The van der Waals surface area contributed by atoms with E-state index in [0.717, 1.165) is 60.4 Å². The van der Waals surface area contributed by atoms with Crippen LogP contribution in [0.15, 0.2) is 18.2 Å². The molecule has 1 aliphatic heterocycles. The van der Waals surface area contributed by atoms with Crippen molar-refractivity contribution in [2.24, 2.45) is 0 Å². The van der Waals surface area contributed by atoms with Gasteiger partial charge in [0.05, 0.1) is 30.0 Å². The lowest BCUT2D eigenvalue weighted by Gasteiger charge is -2.29. The van der Waals surface area contributed by atoms with E-state index in [0.29, 0.717) is 19.6 Å². The second-order valence-corrected chi connectivity index (χ2v) is 7.32. The van der Waals surface area contributed by atoms with Crippen molar-refractivity contribution in [3.05, 3.63) is 18.2 Å². The number of thiazole rings is 1. The molecule has 1 aromatic carbocycles. The van der Waals surface area contributed by atoms with Crippen molar-refractivity contribution in [3.8, 4) is 5.75 Å². The first kappa shape index (κ1) is 21.9. The van der Waals surface area contributed by atoms with Gasteiger partial charge in [-0.25, -0.2) is 4.98 Å². The molecule has 2 heterocycles. The number of anilines is 1. The number of carbonyl (C=O) groups excluding carboxylic acids is 1. The van der Waals surface area contributed by atoms with Crippen molar-refractivity contribution < 1.29 is 26.7 Å². The second-order valence-electron chi connectivity index (χ2n) is 6.31. The minimum absolute atomic E-state index is 0. The van der Waals surface area contributed by atoms with E-state index >= 15 is 0 Å². The van der Waals surface area contributed by atoms with Gasteiger partial charge in [-0.05, 0) is 31.5 Å². The number of nitrogens with zero attached hydrogens (tertiary/aromatic N) is 3. The molecule has 2 aromatic rings. The molecule has 1 aromatic heterocycles. The minimum atomic E-state index is 0. The van der Waals surface area contributed by atoms with Gasteiger partial charge in [-0.2, -0.15) is 0 Å². The maximum absolute atomic E-state index is 12.7. The van der Waals surface area contributed by atoms with Gasteiger partial charge in [0.15, 0.2) is 5.13 Å². The third kappa shape index (κ3) is 5.78. The number of carbonyl (C=O) groups is 1. The van der Waals surface area contributed by atoms with E-state index in [-0.39, 0.29) is 18.3 Å². The molecule has 150 valence electrons. The molecule has 1 amide bonds. The third-order valence-corrected chi connectivity index (χ3v) is 5.44. The lowest BCUT2D eigenvalue weighted by atomic mass is 10.3. The number of benzene rings is 1. The fourth-order valence-electron chi connectivity index (χ4n) is 3.01. The number of hydrogen-bond acceptors (Lipinski definition) is 6. The molecule has 27 heavy (non-hydrogen) atoms. The summed E-state index contributed by atoms with van der Waals surface area (Å²) in [5, 5.41) is 0.778. The van der Waals surface area contributed by atoms with Crippen LogP contribution >= 0.6 is 11.3 Å². The summed E-state index contributed by atoms with van der Waals surface area (Å²) in [4.78, 5) is 21.6. The minimum Gasteiger partial charge on any atom is -1.00 e. The highest BCUT2D eigenvalue weighted by atomic mass is 35.5. The smallest absolute Gasteiger partial charge is 0.228 e. The molecule has 0 radical (unpaired) electrons. The Balaban J connectivity index is 0.00000261. The first-order valence-corrected chi connectivity index (χ1v) is 10.2. The van der Waals surface area contributed by atoms with E-state index in [1.807, 2.05) is 36.9 Å². The number of fused-ring (bicyclic) bond motifs is 1. The molecular formula is C19H27ClN3O3S-. The predicted octanol–water partition coefficient (Wildman–Crippen LogP) is 0.164. The number of morpholine rings is 1. The van der Waals surface area contributed by atoms with Gasteiger partial charge in [-0.3, -0.25) is 14.6 Å². The molecule has 0 N–H and O–H groups in total. The maximum atomic E-state index is 12.7. The third-order valence-electron chi connectivity index (χ3n) is 4.40. The number of rotatable bonds is 8. The van der Waals surface area contributed by atoms with Gasteiger partial charge >= 0.3 is 0 Å². The van der Waals surface area contributed by atoms with Gasteiger partial charge in [-0.1, -0.05) is 18.3 Å². The standard InChI is InChI=1S/C19H27N3O3S.ClH/c1-3-5-18(23)22(9-8-21-10-12-24-13-11-21)19-20-16-7-6-15(25-4-2)14-17(16)26-19;/h6-7,14H,3-5,8-13H2,1-2H3;1H/p-1. The Morgan fingerprint density at radius 2 is 2.11 bits per heavy atom. The van der Waals surface area contributed by atoms with Crippen LogP contribution in [0.1, 0.15) is 26.7 Å². The Bertz CT molecular complexity index is 734. The Morgan fingerprint density at radius 3 is 2.81 bits per heavy atom. The summed E-state index contributed by atoms with van der Waals surface area (Å²) in [7, 11) is 0. The zero-order chi connectivity index (χ0) is 18.4. The number of hydrogen-bond donors (Lipinski definition) is 0. The first-order chi connectivity index (χ1) is 12.7. The Labute approximate surface area is 170 Å². The van der Waals surface area contributed by atoms with Gasteiger partial charge < -0.3 is 21.9 Å². The topological polar surface area (TPSA) is 54.9 Å². The van der Waals surface area contributed by atoms with E-state index in [9.17, 15) is 4.79 Å². The van der Waals surface area contributed by atoms with E-state index in [1.165, 1.54) is 0 Å². The molecule has 6 nitrogen and oxygen atoms in total. The van der Waals surface area contributed by atoms with Crippen LogP contribution in [-0.4, -0.2) is 61.8 Å². The molecule has 1 aliphatic rings. The molecule has 0 atom stereocenters. The quantitative estimate of drug-likeness (QED) is 0.618. The summed E-state index contributed by atoms with van der Waals surface area (Å²) < 4.78 is 12.0. The van der Waals surface area contributed by atoms with Gasteiger partial charge in [0.25, 0.3) is 0 Å². The highest BCUT2D eigenvalue weighted by molar-refractivity contribution is 7.22. The van der Waals surface area contributed by atoms with Crippen molar-refractivity contribution in [2.45, 2.75) is 26.7 Å². The zero-order valence-corrected chi connectivity index (χ0v) is 17.5. The molecule has 8 heteroatoms. The van der Waals surface area contributed by atoms with Crippen LogP contribution in [0.5, 0.6) is 5.75 Å². The van der Waals surface area contributed by atoms with Gasteiger partial charge in [-0.15, -0.1) is 0 Å². The number of amides is 1. The summed E-state index contributed by atoms with van der Waals surface area (Å²) in [5.41, 5.74) is 0.911. The highest BCUT2D eigenvalue weighted by Gasteiger charge is 2.21. The van der Waals surface area contributed by atoms with Crippen molar-refractivity contribution in [2.75, 3.05) is 50.9 Å².